The number of esters is 1. The minimum Gasteiger partial charge on any atom is -0.453 e. The molecule has 1 amide bonds. The summed E-state index contributed by atoms with van der Waals surface area (Å²) in [5, 5.41) is 10.9. The normalized spacial score (nSPS) is 12.6. The number of para-hydroxylation sites is 1. The lowest BCUT2D eigenvalue weighted by Gasteiger charge is -2.21. The second-order valence-corrected chi connectivity index (χ2v) is 6.78. The summed E-state index contributed by atoms with van der Waals surface area (Å²) in [5.74, 6) is -0.707. The third-order valence-electron chi connectivity index (χ3n) is 4.67. The Morgan fingerprint density at radius 3 is 2.40 bits per heavy atom. The molecule has 156 valence electrons. The zero-order chi connectivity index (χ0) is 21.3. The smallest absolute Gasteiger partial charge is 0.407 e. The first-order chi connectivity index (χ1) is 14.6. The summed E-state index contributed by atoms with van der Waals surface area (Å²) in [6.07, 6.45) is 1.85. The lowest BCUT2D eigenvalue weighted by molar-refractivity contribution is -0.137. The number of nitrogens with zero attached hydrogens (tertiary/aromatic N) is 3. The van der Waals surface area contributed by atoms with E-state index in [-0.39, 0.29) is 0 Å². The fourth-order valence-electron chi connectivity index (χ4n) is 2.93. The number of methoxy groups -OCH3 is 1. The molecule has 3 aromatic rings. The minimum atomic E-state index is -0.989. The van der Waals surface area contributed by atoms with Gasteiger partial charge in [0.2, 0.25) is 0 Å². The Balaban J connectivity index is 1.70. The van der Waals surface area contributed by atoms with Crippen molar-refractivity contribution in [2.24, 2.45) is 0 Å². The molecule has 8 nitrogen and oxygen atoms in total. The highest BCUT2D eigenvalue weighted by Gasteiger charge is 2.32. The molecule has 30 heavy (non-hydrogen) atoms. The molecule has 2 aromatic carbocycles. The van der Waals surface area contributed by atoms with Gasteiger partial charge in [0, 0.05) is 18.7 Å². The molecule has 0 radical (unpaired) electrons. The van der Waals surface area contributed by atoms with Gasteiger partial charge in [-0.1, -0.05) is 60.7 Å². The maximum atomic E-state index is 12.7. The van der Waals surface area contributed by atoms with Gasteiger partial charge in [0.15, 0.2) is 0 Å². The number of rotatable bonds is 8. The Hall–Kier alpha value is -3.68. The van der Waals surface area contributed by atoms with E-state index in [1.54, 1.807) is 42.1 Å². The molecule has 0 aliphatic rings. The van der Waals surface area contributed by atoms with Crippen molar-refractivity contribution < 1.29 is 19.1 Å². The number of carbonyl (C=O) groups is 2. The van der Waals surface area contributed by atoms with E-state index in [0.29, 0.717) is 18.0 Å². The van der Waals surface area contributed by atoms with E-state index in [4.69, 9.17) is 4.74 Å². The molecule has 0 saturated heterocycles. The highest BCUT2D eigenvalue weighted by molar-refractivity contribution is 5.83. The van der Waals surface area contributed by atoms with Crippen molar-refractivity contribution in [2.75, 3.05) is 7.11 Å². The quantitative estimate of drug-likeness (QED) is 0.455. The van der Waals surface area contributed by atoms with Crippen molar-refractivity contribution in [3.05, 3.63) is 78.1 Å². The molecular weight excluding hydrogens is 384 g/mol. The first-order valence-electron chi connectivity index (χ1n) is 9.62. The van der Waals surface area contributed by atoms with Crippen molar-refractivity contribution in [1.29, 1.82) is 0 Å². The summed E-state index contributed by atoms with van der Waals surface area (Å²) in [5.41, 5.74) is 1.76. The molecule has 1 heterocycles. The monoisotopic (exact) mass is 408 g/mol. The van der Waals surface area contributed by atoms with Crippen molar-refractivity contribution in [2.45, 2.75) is 31.8 Å². The van der Waals surface area contributed by atoms with Crippen LogP contribution in [0.25, 0.3) is 0 Å². The van der Waals surface area contributed by atoms with Crippen LogP contribution in [0.1, 0.15) is 24.1 Å². The molecule has 0 fully saturated rings. The summed E-state index contributed by atoms with van der Waals surface area (Å²) in [6, 6.07) is 17.7. The van der Waals surface area contributed by atoms with Crippen LogP contribution >= 0.6 is 0 Å². The van der Waals surface area contributed by atoms with Crippen molar-refractivity contribution >= 4 is 12.1 Å². The maximum Gasteiger partial charge on any atom is 0.407 e. The lowest BCUT2D eigenvalue weighted by Crippen LogP contribution is -2.46. The van der Waals surface area contributed by atoms with Crippen LogP contribution in [-0.2, 0) is 22.5 Å². The molecular formula is C22H24N4O4. The Bertz CT molecular complexity index is 960. The molecule has 2 atom stereocenters. The van der Waals surface area contributed by atoms with Crippen LogP contribution in [0.3, 0.4) is 0 Å². The summed E-state index contributed by atoms with van der Waals surface area (Å²) < 4.78 is 11.8. The number of ether oxygens (including phenoxy) is 2. The Morgan fingerprint density at radius 2 is 1.73 bits per heavy atom. The Labute approximate surface area is 174 Å². The number of nitrogens with one attached hydrogen (secondary N) is 1. The van der Waals surface area contributed by atoms with Gasteiger partial charge in [-0.25, -0.2) is 9.59 Å². The lowest BCUT2D eigenvalue weighted by atomic mass is 9.99. The molecule has 0 bridgehead atoms. The standard InChI is InChI=1S/C22H24N4O4/c1-16(19-15-26(25-24-19)14-13-17-9-5-3-6-10-17)20(23-22(28)29-2)21(27)30-18-11-7-4-8-12-18/h3-12,15-16,20H,13-14H2,1-2H3,(H,23,28). The Morgan fingerprint density at radius 1 is 1.07 bits per heavy atom. The molecule has 0 saturated carbocycles. The number of carbonyl (C=O) groups excluding carboxylic acids is 2. The van der Waals surface area contributed by atoms with Crippen LogP contribution in [0.4, 0.5) is 4.79 Å². The van der Waals surface area contributed by atoms with Gasteiger partial charge in [-0.2, -0.15) is 0 Å². The van der Waals surface area contributed by atoms with E-state index in [0.717, 1.165) is 6.42 Å². The molecule has 2 unspecified atom stereocenters. The van der Waals surface area contributed by atoms with Gasteiger partial charge in [-0.05, 0) is 24.1 Å². The predicted octanol–water partition coefficient (Wildman–Crippen LogP) is 2.95. The third kappa shape index (κ3) is 5.66. The van der Waals surface area contributed by atoms with E-state index in [2.05, 4.69) is 32.5 Å². The van der Waals surface area contributed by atoms with Crippen molar-refractivity contribution in [3.63, 3.8) is 0 Å². The van der Waals surface area contributed by atoms with Gasteiger partial charge >= 0.3 is 12.1 Å². The zero-order valence-electron chi connectivity index (χ0n) is 16.9. The zero-order valence-corrected chi connectivity index (χ0v) is 16.9. The van der Waals surface area contributed by atoms with Gasteiger partial charge in [-0.3, -0.25) is 4.68 Å². The summed E-state index contributed by atoms with van der Waals surface area (Å²) in [6.45, 7) is 2.42. The fraction of sp³-hybridized carbons (Fsp3) is 0.273. The third-order valence-corrected chi connectivity index (χ3v) is 4.67. The molecule has 3 rings (SSSR count). The van der Waals surface area contributed by atoms with E-state index < -0.39 is 24.0 Å². The number of hydrogen-bond donors (Lipinski definition) is 1. The second-order valence-electron chi connectivity index (χ2n) is 6.78. The summed E-state index contributed by atoms with van der Waals surface area (Å²) in [7, 11) is 1.24. The molecule has 0 aliphatic heterocycles. The van der Waals surface area contributed by atoms with Crippen LogP contribution in [0.2, 0.25) is 0 Å². The number of alkyl carbamates (subject to hydrolysis) is 1. The van der Waals surface area contributed by atoms with E-state index in [9.17, 15) is 9.59 Å². The number of hydrogen-bond acceptors (Lipinski definition) is 6. The van der Waals surface area contributed by atoms with E-state index in [1.165, 1.54) is 12.7 Å². The first-order valence-corrected chi connectivity index (χ1v) is 9.62. The average molecular weight is 408 g/mol. The van der Waals surface area contributed by atoms with Crippen molar-refractivity contribution in [3.8, 4) is 5.75 Å². The van der Waals surface area contributed by atoms with E-state index in [1.807, 2.05) is 24.3 Å². The molecule has 0 spiro atoms. The number of aryl methyl sites for hydroxylation is 2. The highest BCUT2D eigenvalue weighted by Crippen LogP contribution is 2.20. The van der Waals surface area contributed by atoms with Gasteiger partial charge in [0.25, 0.3) is 0 Å². The first kappa shape index (κ1) is 21.0. The molecule has 1 aromatic heterocycles. The summed E-state index contributed by atoms with van der Waals surface area (Å²) >= 11 is 0. The predicted molar refractivity (Wildman–Crippen MR) is 110 cm³/mol. The van der Waals surface area contributed by atoms with Crippen LogP contribution in [0.5, 0.6) is 5.75 Å². The van der Waals surface area contributed by atoms with Crippen LogP contribution < -0.4 is 10.1 Å². The number of benzene rings is 2. The molecule has 1 N–H and O–H groups in total. The van der Waals surface area contributed by atoms with Crippen LogP contribution in [0, 0.1) is 0 Å². The highest BCUT2D eigenvalue weighted by atomic mass is 16.5. The Kier molecular flexibility index (Phi) is 7.15. The average Bonchev–Trinajstić information content (AvgIpc) is 3.26. The van der Waals surface area contributed by atoms with E-state index >= 15 is 0 Å². The van der Waals surface area contributed by atoms with Gasteiger partial charge in [0.1, 0.15) is 11.8 Å². The van der Waals surface area contributed by atoms with Gasteiger partial charge in [0.05, 0.1) is 12.8 Å². The SMILES string of the molecule is COC(=O)NC(C(=O)Oc1ccccc1)C(C)c1cn(CCc2ccccc2)nn1. The largest absolute Gasteiger partial charge is 0.453 e. The minimum absolute atomic E-state index is 0.387. The molecule has 0 aliphatic carbocycles. The van der Waals surface area contributed by atoms with Crippen molar-refractivity contribution in [1.82, 2.24) is 20.3 Å². The second kappa shape index (κ2) is 10.2. The van der Waals surface area contributed by atoms with Gasteiger partial charge < -0.3 is 14.8 Å². The number of amides is 1. The summed E-state index contributed by atoms with van der Waals surface area (Å²) in [4.78, 5) is 24.5. The maximum absolute atomic E-state index is 12.7. The topological polar surface area (TPSA) is 95.3 Å². The van der Waals surface area contributed by atoms with Crippen LogP contribution in [-0.4, -0.2) is 40.2 Å². The fourth-order valence-corrected chi connectivity index (χ4v) is 2.93. The van der Waals surface area contributed by atoms with Crippen LogP contribution in [0.15, 0.2) is 66.9 Å². The molecule has 8 heteroatoms. The van der Waals surface area contributed by atoms with Gasteiger partial charge in [-0.15, -0.1) is 5.10 Å². The number of aromatic nitrogens is 3.